The summed E-state index contributed by atoms with van der Waals surface area (Å²) in [4.78, 5) is 0. The predicted octanol–water partition coefficient (Wildman–Crippen LogP) is 7.44. The van der Waals surface area contributed by atoms with Gasteiger partial charge in [0, 0.05) is 11.8 Å². The van der Waals surface area contributed by atoms with E-state index in [-0.39, 0.29) is 11.8 Å². The molecule has 0 spiro atoms. The molecule has 1 saturated carbocycles. The molecule has 0 N–H and O–H groups in total. The molecular weight excluding hydrogens is 307 g/mol. The van der Waals surface area contributed by atoms with Crippen molar-refractivity contribution in [1.82, 2.24) is 0 Å². The van der Waals surface area contributed by atoms with Gasteiger partial charge in [0.15, 0.2) is 0 Å². The summed E-state index contributed by atoms with van der Waals surface area (Å²) >= 11 is 0. The Kier molecular flexibility index (Phi) is 6.08. The monoisotopic (exact) mass is 340 g/mol. The maximum Gasteiger partial charge on any atom is 0.104 e. The highest BCUT2D eigenvalue weighted by molar-refractivity contribution is 5.72. The van der Waals surface area contributed by atoms with Gasteiger partial charge in [-0.3, -0.25) is 0 Å². The minimum Gasteiger partial charge on any atom is -0.247 e. The van der Waals surface area contributed by atoms with Gasteiger partial charge in [-0.05, 0) is 60.8 Å². The van der Waals surface area contributed by atoms with Gasteiger partial charge in [0.25, 0.3) is 0 Å². The van der Waals surface area contributed by atoms with Crippen molar-refractivity contribution in [1.29, 1.82) is 0 Å². The third-order valence-electron chi connectivity index (χ3n) is 6.18. The molecule has 0 amide bonds. The minimum atomic E-state index is -0.872. The number of halogens is 1. The number of hydrogen-bond acceptors (Lipinski definition) is 0. The third kappa shape index (κ3) is 3.97. The lowest BCUT2D eigenvalue weighted by atomic mass is 9.78. The summed E-state index contributed by atoms with van der Waals surface area (Å²) in [6.07, 6.45) is 1.21. The number of rotatable bonds is 6. The van der Waals surface area contributed by atoms with E-state index in [0.717, 1.165) is 29.6 Å². The zero-order valence-corrected chi connectivity index (χ0v) is 16.5. The average Bonchev–Trinajstić information content (AvgIpc) is 2.90. The normalized spacial score (nSPS) is 24.0. The third-order valence-corrected chi connectivity index (χ3v) is 6.18. The van der Waals surface area contributed by atoms with Gasteiger partial charge in [-0.15, -0.1) is 0 Å². The molecule has 1 heteroatoms. The lowest BCUT2D eigenvalue weighted by Crippen LogP contribution is -2.14. The van der Waals surface area contributed by atoms with Crippen molar-refractivity contribution in [3.05, 3.63) is 65.8 Å². The molecule has 5 unspecified atom stereocenters. The van der Waals surface area contributed by atoms with Gasteiger partial charge < -0.3 is 0 Å². The highest BCUT2D eigenvalue weighted by atomic mass is 19.1. The molecule has 0 nitrogen and oxygen atoms in total. The van der Waals surface area contributed by atoms with Crippen molar-refractivity contribution in [3.63, 3.8) is 0 Å². The van der Waals surface area contributed by atoms with E-state index >= 15 is 0 Å². The highest BCUT2D eigenvalue weighted by Gasteiger charge is 2.32. The summed E-state index contributed by atoms with van der Waals surface area (Å²) in [5.74, 6) is 1.03. The lowest BCUT2D eigenvalue weighted by molar-refractivity contribution is 0.316. The van der Waals surface area contributed by atoms with E-state index in [4.69, 9.17) is 0 Å². The molecule has 0 radical (unpaired) electrons. The smallest absolute Gasteiger partial charge is 0.104 e. The number of hydrogen-bond donors (Lipinski definition) is 0. The molecule has 2 rings (SSSR count). The first-order chi connectivity index (χ1) is 11.6. The molecule has 0 saturated heterocycles. The van der Waals surface area contributed by atoms with Crippen LogP contribution in [0.4, 0.5) is 4.39 Å². The Morgan fingerprint density at radius 3 is 2.32 bits per heavy atom. The Morgan fingerprint density at radius 2 is 1.84 bits per heavy atom. The molecule has 1 aromatic carbocycles. The van der Waals surface area contributed by atoms with Crippen LogP contribution in [-0.4, -0.2) is 6.17 Å². The van der Waals surface area contributed by atoms with Crippen molar-refractivity contribution < 1.29 is 4.39 Å². The fourth-order valence-electron chi connectivity index (χ4n) is 3.91. The SMILES string of the molecule is C=C1CC(c2c(C(=C)C(C)C(=C)C)cccc2C(C)C(C)F)CC1C. The Morgan fingerprint density at radius 1 is 1.20 bits per heavy atom. The zero-order valence-electron chi connectivity index (χ0n) is 16.5. The first kappa shape index (κ1) is 19.7. The second kappa shape index (κ2) is 7.72. The Hall–Kier alpha value is -1.63. The number of alkyl halides is 1. The molecule has 1 aliphatic rings. The maximum absolute atomic E-state index is 14.2. The van der Waals surface area contributed by atoms with Gasteiger partial charge in [0.2, 0.25) is 0 Å². The molecule has 0 aliphatic heterocycles. The Balaban J connectivity index is 2.59. The highest BCUT2D eigenvalue weighted by Crippen LogP contribution is 2.47. The van der Waals surface area contributed by atoms with E-state index in [9.17, 15) is 4.39 Å². The van der Waals surface area contributed by atoms with Crippen molar-refractivity contribution in [2.75, 3.05) is 0 Å². The van der Waals surface area contributed by atoms with Gasteiger partial charge in [0.1, 0.15) is 6.17 Å². The Labute approximate surface area is 153 Å². The molecule has 5 atom stereocenters. The van der Waals surface area contributed by atoms with Gasteiger partial charge >= 0.3 is 0 Å². The molecular formula is C24H33F. The van der Waals surface area contributed by atoms with Crippen LogP contribution in [0.2, 0.25) is 0 Å². The minimum absolute atomic E-state index is 0.118. The first-order valence-corrected chi connectivity index (χ1v) is 9.44. The van der Waals surface area contributed by atoms with Crippen LogP contribution in [0.15, 0.2) is 49.1 Å². The summed E-state index contributed by atoms with van der Waals surface area (Å²) < 4.78 is 14.2. The fourth-order valence-corrected chi connectivity index (χ4v) is 3.91. The second-order valence-corrected chi connectivity index (χ2v) is 8.06. The molecule has 1 fully saturated rings. The lowest BCUT2D eigenvalue weighted by Gasteiger charge is -2.27. The predicted molar refractivity (Wildman–Crippen MR) is 109 cm³/mol. The molecule has 136 valence electrons. The van der Waals surface area contributed by atoms with Gasteiger partial charge in [0.05, 0.1) is 0 Å². The van der Waals surface area contributed by atoms with Crippen LogP contribution in [0.3, 0.4) is 0 Å². The van der Waals surface area contributed by atoms with Crippen molar-refractivity contribution in [2.45, 2.75) is 65.5 Å². The van der Waals surface area contributed by atoms with E-state index in [2.05, 4.69) is 51.8 Å². The number of benzene rings is 1. The summed E-state index contributed by atoms with van der Waals surface area (Å²) in [5, 5.41) is 0. The summed E-state index contributed by atoms with van der Waals surface area (Å²) in [7, 11) is 0. The van der Waals surface area contributed by atoms with Crippen LogP contribution in [0, 0.1) is 11.8 Å². The summed E-state index contributed by atoms with van der Waals surface area (Å²) in [5.41, 5.74) is 7.13. The average molecular weight is 341 g/mol. The van der Waals surface area contributed by atoms with Gasteiger partial charge in [-0.2, -0.15) is 0 Å². The van der Waals surface area contributed by atoms with Crippen LogP contribution in [0.5, 0.6) is 0 Å². The van der Waals surface area contributed by atoms with E-state index in [0.29, 0.717) is 11.8 Å². The second-order valence-electron chi connectivity index (χ2n) is 8.06. The topological polar surface area (TPSA) is 0 Å². The quantitative estimate of drug-likeness (QED) is 0.472. The summed E-state index contributed by atoms with van der Waals surface area (Å²) in [6.45, 7) is 22.8. The van der Waals surface area contributed by atoms with Crippen LogP contribution in [0.25, 0.3) is 5.57 Å². The van der Waals surface area contributed by atoms with Gasteiger partial charge in [-0.1, -0.05) is 69.9 Å². The molecule has 1 aliphatic carbocycles. The number of allylic oxidation sites excluding steroid dienone is 3. The van der Waals surface area contributed by atoms with Crippen molar-refractivity contribution in [3.8, 4) is 0 Å². The molecule has 0 aromatic heterocycles. The van der Waals surface area contributed by atoms with E-state index < -0.39 is 6.17 Å². The van der Waals surface area contributed by atoms with Crippen molar-refractivity contribution >= 4 is 5.57 Å². The Bertz CT molecular complexity index is 679. The summed E-state index contributed by atoms with van der Waals surface area (Å²) in [6, 6.07) is 6.31. The van der Waals surface area contributed by atoms with Crippen LogP contribution in [0.1, 0.15) is 76.0 Å². The van der Waals surface area contributed by atoms with E-state index in [1.54, 1.807) is 6.92 Å². The molecule has 1 aromatic rings. The maximum atomic E-state index is 14.2. The zero-order chi connectivity index (χ0) is 18.9. The van der Waals surface area contributed by atoms with Crippen LogP contribution >= 0.6 is 0 Å². The molecule has 0 bridgehead atoms. The molecule has 25 heavy (non-hydrogen) atoms. The van der Waals surface area contributed by atoms with E-state index in [1.807, 2.05) is 13.8 Å². The molecule has 0 heterocycles. The van der Waals surface area contributed by atoms with Crippen LogP contribution in [-0.2, 0) is 0 Å². The first-order valence-electron chi connectivity index (χ1n) is 9.44. The van der Waals surface area contributed by atoms with Crippen molar-refractivity contribution in [2.24, 2.45) is 11.8 Å². The largest absolute Gasteiger partial charge is 0.247 e. The standard InChI is InChI=1S/C24H33F/c1-14(2)17(5)18(6)22-10-9-11-23(19(7)20(8)25)24(22)21-12-15(3)16(4)13-21/h9-11,16-17,19-21H,1,3,6,12-13H2,2,4-5,7-8H3. The van der Waals surface area contributed by atoms with Gasteiger partial charge in [-0.25, -0.2) is 4.39 Å². The van der Waals surface area contributed by atoms with Crippen LogP contribution < -0.4 is 0 Å². The van der Waals surface area contributed by atoms with E-state index in [1.165, 1.54) is 16.7 Å². The fraction of sp³-hybridized carbons (Fsp3) is 0.500.